The van der Waals surface area contributed by atoms with Crippen LogP contribution in [0, 0.1) is 18.7 Å². The van der Waals surface area contributed by atoms with Crippen molar-refractivity contribution in [2.75, 3.05) is 25.5 Å². The Bertz CT molecular complexity index is 1340. The minimum atomic E-state index is -4.01. The van der Waals surface area contributed by atoms with Gasteiger partial charge in [0, 0.05) is 24.3 Å². The number of halogens is 1. The predicted molar refractivity (Wildman–Crippen MR) is 130 cm³/mol. The average Bonchev–Trinajstić information content (AvgIpc) is 3.25. The number of rotatable bonds is 7. The number of piperidine rings is 1. The van der Waals surface area contributed by atoms with Gasteiger partial charge in [-0.1, -0.05) is 23.4 Å². The van der Waals surface area contributed by atoms with E-state index in [-0.39, 0.29) is 40.9 Å². The van der Waals surface area contributed by atoms with Crippen LogP contribution >= 0.6 is 0 Å². The molecule has 0 bridgehead atoms. The summed E-state index contributed by atoms with van der Waals surface area (Å²) in [5.74, 6) is -0.529. The van der Waals surface area contributed by atoms with Gasteiger partial charge >= 0.3 is 0 Å². The average molecular weight is 500 g/mol. The fourth-order valence-electron chi connectivity index (χ4n) is 4.00. The highest BCUT2D eigenvalue weighted by atomic mass is 32.2. The molecule has 1 aliphatic rings. The predicted octanol–water partition coefficient (Wildman–Crippen LogP) is 4.34. The Morgan fingerprint density at radius 2 is 1.94 bits per heavy atom. The summed E-state index contributed by atoms with van der Waals surface area (Å²) in [7, 11) is -2.45. The van der Waals surface area contributed by atoms with Crippen LogP contribution in [0.25, 0.3) is 12.2 Å². The fourth-order valence-corrected chi connectivity index (χ4v) is 5.77. The van der Waals surface area contributed by atoms with Crippen LogP contribution in [-0.2, 0) is 14.8 Å². The van der Waals surface area contributed by atoms with Gasteiger partial charge in [-0.2, -0.15) is 4.31 Å². The minimum absolute atomic E-state index is 0.00978. The van der Waals surface area contributed by atoms with Gasteiger partial charge in [-0.25, -0.2) is 12.8 Å². The second-order valence-electron chi connectivity index (χ2n) is 8.24. The SMILES string of the molecule is COc1ccc(NC(=O)[C@@H]2CCCN(S(=O)(=O)c3c(C)noc3/C=C/c3ccccc3F)C2)cc1. The molecule has 8 nitrogen and oxygen atoms in total. The summed E-state index contributed by atoms with van der Waals surface area (Å²) in [5.41, 5.74) is 1.09. The maximum Gasteiger partial charge on any atom is 0.248 e. The molecule has 0 saturated carbocycles. The summed E-state index contributed by atoms with van der Waals surface area (Å²) in [5, 5.41) is 6.66. The van der Waals surface area contributed by atoms with E-state index < -0.39 is 21.8 Å². The zero-order valence-electron chi connectivity index (χ0n) is 19.4. The summed E-state index contributed by atoms with van der Waals surface area (Å²) in [6, 6.07) is 13.0. The maximum absolute atomic E-state index is 14.0. The van der Waals surface area contributed by atoms with Crippen LogP contribution < -0.4 is 10.1 Å². The molecule has 2 heterocycles. The number of hydrogen-bond donors (Lipinski definition) is 1. The molecule has 1 aromatic heterocycles. The van der Waals surface area contributed by atoms with E-state index in [1.54, 1.807) is 49.6 Å². The highest BCUT2D eigenvalue weighted by Crippen LogP contribution is 2.30. The van der Waals surface area contributed by atoms with Gasteiger partial charge in [-0.05, 0) is 62.2 Å². The van der Waals surface area contributed by atoms with Crippen molar-refractivity contribution in [3.05, 3.63) is 71.4 Å². The molecule has 35 heavy (non-hydrogen) atoms. The summed E-state index contributed by atoms with van der Waals surface area (Å²) in [6.07, 6.45) is 3.93. The molecule has 184 valence electrons. The van der Waals surface area contributed by atoms with Crippen LogP contribution in [-0.4, -0.2) is 44.0 Å². The van der Waals surface area contributed by atoms with Crippen molar-refractivity contribution < 1.29 is 26.9 Å². The van der Waals surface area contributed by atoms with E-state index in [0.717, 1.165) is 0 Å². The zero-order chi connectivity index (χ0) is 25.0. The Hall–Kier alpha value is -3.50. The Kier molecular flexibility index (Phi) is 7.32. The molecule has 1 saturated heterocycles. The first-order valence-electron chi connectivity index (χ1n) is 11.1. The topological polar surface area (TPSA) is 102 Å². The van der Waals surface area contributed by atoms with Crippen LogP contribution in [0.5, 0.6) is 5.75 Å². The third-order valence-electron chi connectivity index (χ3n) is 5.86. The number of carbonyl (C=O) groups excluding carboxylic acids is 1. The van der Waals surface area contributed by atoms with Gasteiger partial charge in [-0.15, -0.1) is 0 Å². The van der Waals surface area contributed by atoms with Gasteiger partial charge in [0.2, 0.25) is 15.9 Å². The molecule has 1 atom stereocenters. The van der Waals surface area contributed by atoms with E-state index in [1.807, 2.05) is 0 Å². The van der Waals surface area contributed by atoms with Crippen molar-refractivity contribution in [2.45, 2.75) is 24.7 Å². The lowest BCUT2D eigenvalue weighted by Crippen LogP contribution is -2.43. The molecule has 1 N–H and O–H groups in total. The molecule has 3 aromatic rings. The second-order valence-corrected chi connectivity index (χ2v) is 10.1. The van der Waals surface area contributed by atoms with Crippen molar-refractivity contribution >= 4 is 33.8 Å². The number of aromatic nitrogens is 1. The van der Waals surface area contributed by atoms with Crippen LogP contribution in [0.1, 0.15) is 29.9 Å². The third-order valence-corrected chi connectivity index (χ3v) is 7.89. The van der Waals surface area contributed by atoms with Crippen molar-refractivity contribution in [1.82, 2.24) is 9.46 Å². The summed E-state index contributed by atoms with van der Waals surface area (Å²) in [4.78, 5) is 12.8. The van der Waals surface area contributed by atoms with Gasteiger partial charge in [-0.3, -0.25) is 4.79 Å². The molecule has 1 fully saturated rings. The molecule has 10 heteroatoms. The summed E-state index contributed by atoms with van der Waals surface area (Å²) >= 11 is 0. The molecule has 2 aromatic carbocycles. The van der Waals surface area contributed by atoms with E-state index in [2.05, 4.69) is 10.5 Å². The number of benzene rings is 2. The van der Waals surface area contributed by atoms with Gasteiger partial charge in [0.1, 0.15) is 17.3 Å². The van der Waals surface area contributed by atoms with E-state index in [9.17, 15) is 17.6 Å². The monoisotopic (exact) mass is 499 g/mol. The smallest absolute Gasteiger partial charge is 0.248 e. The van der Waals surface area contributed by atoms with E-state index in [0.29, 0.717) is 24.3 Å². The maximum atomic E-state index is 14.0. The van der Waals surface area contributed by atoms with Gasteiger partial charge in [0.05, 0.1) is 13.0 Å². The second kappa shape index (κ2) is 10.4. The number of nitrogens with zero attached hydrogens (tertiary/aromatic N) is 2. The lowest BCUT2D eigenvalue weighted by molar-refractivity contribution is -0.120. The first kappa shape index (κ1) is 24.6. The van der Waals surface area contributed by atoms with Gasteiger partial charge in [0.15, 0.2) is 10.7 Å². The number of carbonyl (C=O) groups is 1. The minimum Gasteiger partial charge on any atom is -0.497 e. The number of aryl methyl sites for hydroxylation is 1. The van der Waals surface area contributed by atoms with Gasteiger partial charge in [0.25, 0.3) is 0 Å². The normalized spacial score (nSPS) is 16.9. The standard InChI is InChI=1S/C25H26FN3O5S/c1-17-24(23(34-28-17)14-9-18-6-3-4-8-22(18)26)35(31,32)29-15-5-7-19(16-29)25(30)27-20-10-12-21(33-2)13-11-20/h3-4,6,8-14,19H,5,7,15-16H2,1-2H3,(H,27,30)/b14-9+/t19-/m1/s1. The van der Waals surface area contributed by atoms with Gasteiger partial charge < -0.3 is 14.6 Å². The highest BCUT2D eigenvalue weighted by molar-refractivity contribution is 7.89. The molecular weight excluding hydrogens is 473 g/mol. The first-order valence-corrected chi connectivity index (χ1v) is 12.6. The van der Waals surface area contributed by atoms with Crippen LogP contribution in [0.2, 0.25) is 0 Å². The quantitative estimate of drug-likeness (QED) is 0.519. The molecule has 0 radical (unpaired) electrons. The number of hydrogen-bond acceptors (Lipinski definition) is 6. The summed E-state index contributed by atoms with van der Waals surface area (Å²) in [6.45, 7) is 1.84. The third kappa shape index (κ3) is 5.44. The zero-order valence-corrected chi connectivity index (χ0v) is 20.2. The largest absolute Gasteiger partial charge is 0.497 e. The lowest BCUT2D eigenvalue weighted by Gasteiger charge is -2.31. The number of ether oxygens (including phenoxy) is 1. The van der Waals surface area contributed by atoms with Crippen LogP contribution in [0.4, 0.5) is 10.1 Å². The number of methoxy groups -OCH3 is 1. The lowest BCUT2D eigenvalue weighted by atomic mass is 9.99. The molecule has 0 aliphatic carbocycles. The van der Waals surface area contributed by atoms with E-state index in [4.69, 9.17) is 9.26 Å². The van der Waals surface area contributed by atoms with Crippen molar-refractivity contribution in [3.8, 4) is 5.75 Å². The molecular formula is C25H26FN3O5S. The summed E-state index contributed by atoms with van der Waals surface area (Å²) < 4.78 is 52.7. The van der Waals surface area contributed by atoms with Crippen LogP contribution in [0.3, 0.4) is 0 Å². The number of sulfonamides is 1. The Morgan fingerprint density at radius 1 is 1.20 bits per heavy atom. The van der Waals surface area contributed by atoms with E-state index >= 15 is 0 Å². The highest BCUT2D eigenvalue weighted by Gasteiger charge is 2.37. The molecule has 1 aliphatic heterocycles. The van der Waals surface area contributed by atoms with Crippen molar-refractivity contribution in [1.29, 1.82) is 0 Å². The first-order chi connectivity index (χ1) is 16.8. The number of anilines is 1. The molecule has 0 spiro atoms. The van der Waals surface area contributed by atoms with E-state index in [1.165, 1.54) is 29.4 Å². The Morgan fingerprint density at radius 3 is 2.66 bits per heavy atom. The molecule has 1 amide bonds. The van der Waals surface area contributed by atoms with Crippen LogP contribution in [0.15, 0.2) is 57.9 Å². The number of nitrogens with one attached hydrogen (secondary N) is 1. The fraction of sp³-hybridized carbons (Fsp3) is 0.280. The molecule has 4 rings (SSSR count). The Balaban J connectivity index is 1.52. The number of amides is 1. The Labute approximate surface area is 203 Å². The van der Waals surface area contributed by atoms with Crippen molar-refractivity contribution in [3.63, 3.8) is 0 Å². The molecule has 0 unspecified atom stereocenters. The van der Waals surface area contributed by atoms with Crippen molar-refractivity contribution in [2.24, 2.45) is 5.92 Å².